The normalized spacial score (nSPS) is 10.9. The minimum atomic E-state index is -1.01. The lowest BCUT2D eigenvalue weighted by Crippen LogP contribution is -2.32. The summed E-state index contributed by atoms with van der Waals surface area (Å²) in [6.07, 6.45) is 4.04. The first-order valence-corrected chi connectivity index (χ1v) is 5.08. The monoisotopic (exact) mass is 257 g/mol. The summed E-state index contributed by atoms with van der Waals surface area (Å²) in [6.45, 7) is 0. The fourth-order valence-electron chi connectivity index (χ4n) is 0.898. The maximum atomic E-state index is 10.3. The van der Waals surface area contributed by atoms with Gasteiger partial charge < -0.3 is 25.7 Å². The highest BCUT2D eigenvalue weighted by molar-refractivity contribution is 5.73. The van der Waals surface area contributed by atoms with Crippen molar-refractivity contribution in [3.63, 3.8) is 0 Å². The van der Waals surface area contributed by atoms with Crippen molar-refractivity contribution in [2.75, 3.05) is 0 Å². The molecule has 1 aromatic heterocycles. The molecule has 1 heterocycles. The van der Waals surface area contributed by atoms with Crippen molar-refractivity contribution in [2.24, 2.45) is 5.73 Å². The summed E-state index contributed by atoms with van der Waals surface area (Å²) in [5.74, 6) is -1.93. The minimum absolute atomic E-state index is 0.0521. The number of aldehydes is 1. The maximum absolute atomic E-state index is 10.3. The van der Waals surface area contributed by atoms with Gasteiger partial charge in [-0.3, -0.25) is 9.59 Å². The van der Waals surface area contributed by atoms with E-state index in [0.717, 1.165) is 0 Å². The summed E-state index contributed by atoms with van der Waals surface area (Å²) < 4.78 is 0. The molecule has 8 heteroatoms. The van der Waals surface area contributed by atoms with Gasteiger partial charge in [-0.2, -0.15) is 0 Å². The fourth-order valence-corrected chi connectivity index (χ4v) is 0.898. The molecular weight excluding hydrogens is 242 g/mol. The van der Waals surface area contributed by atoms with Gasteiger partial charge in [0, 0.05) is 19.0 Å². The van der Waals surface area contributed by atoms with Crippen molar-refractivity contribution < 1.29 is 24.6 Å². The third-order valence-corrected chi connectivity index (χ3v) is 1.78. The summed E-state index contributed by atoms with van der Waals surface area (Å²) in [5, 5.41) is 16.3. The number of nitrogens with two attached hydrogens (primary N) is 1. The van der Waals surface area contributed by atoms with Crippen LogP contribution < -0.4 is 5.73 Å². The second-order valence-corrected chi connectivity index (χ2v) is 3.31. The average molecular weight is 257 g/mol. The van der Waals surface area contributed by atoms with Crippen LogP contribution in [-0.2, 0) is 20.8 Å². The van der Waals surface area contributed by atoms with Crippen LogP contribution in [0.1, 0.15) is 18.5 Å². The van der Waals surface area contributed by atoms with E-state index >= 15 is 0 Å². The molecule has 0 fully saturated rings. The van der Waals surface area contributed by atoms with E-state index < -0.39 is 18.0 Å². The summed E-state index contributed by atoms with van der Waals surface area (Å²) in [7, 11) is 0. The van der Waals surface area contributed by atoms with Crippen LogP contribution in [0.2, 0.25) is 0 Å². The lowest BCUT2D eigenvalue weighted by atomic mass is 10.2. The summed E-state index contributed by atoms with van der Waals surface area (Å²) in [5.41, 5.74) is 5.92. The van der Waals surface area contributed by atoms with E-state index in [1.807, 2.05) is 0 Å². The first kappa shape index (κ1) is 15.8. The number of H-pyrrole nitrogens is 1. The number of hydrogen-bond acceptors (Lipinski definition) is 5. The Kier molecular flexibility index (Phi) is 7.78. The number of imidazole rings is 1. The third kappa shape index (κ3) is 7.99. The molecule has 0 bridgehead atoms. The van der Waals surface area contributed by atoms with Crippen molar-refractivity contribution >= 4 is 18.2 Å². The lowest BCUT2D eigenvalue weighted by Gasteiger charge is -2.01. The number of aliphatic carboxylic acids is 2. The number of hydrogen-bond donors (Lipinski definition) is 4. The van der Waals surface area contributed by atoms with Gasteiger partial charge in [0.1, 0.15) is 12.3 Å². The number of carboxylic acids is 2. The molecule has 0 unspecified atom stereocenters. The Bertz CT molecular complexity index is 377. The first-order valence-electron chi connectivity index (χ1n) is 5.08. The zero-order valence-corrected chi connectivity index (χ0v) is 9.57. The molecule has 1 aromatic rings. The second kappa shape index (κ2) is 8.88. The number of nitrogens with zero attached hydrogens (tertiary/aromatic N) is 1. The molecule has 8 nitrogen and oxygen atoms in total. The molecule has 0 saturated heterocycles. The van der Waals surface area contributed by atoms with Crippen LogP contribution in [0.15, 0.2) is 12.5 Å². The Labute approximate surface area is 103 Å². The van der Waals surface area contributed by atoms with Crippen molar-refractivity contribution in [3.05, 3.63) is 18.2 Å². The van der Waals surface area contributed by atoms with Crippen LogP contribution in [0.5, 0.6) is 0 Å². The number of carbonyl (C=O) groups excluding carboxylic acids is 1. The van der Waals surface area contributed by atoms with E-state index in [1.54, 1.807) is 6.20 Å². The van der Waals surface area contributed by atoms with Crippen molar-refractivity contribution in [1.82, 2.24) is 9.97 Å². The number of rotatable bonds is 6. The first-order chi connectivity index (χ1) is 8.47. The van der Waals surface area contributed by atoms with E-state index in [2.05, 4.69) is 9.97 Å². The average Bonchev–Trinajstić information content (AvgIpc) is 2.79. The van der Waals surface area contributed by atoms with E-state index in [4.69, 9.17) is 15.9 Å². The van der Waals surface area contributed by atoms with Gasteiger partial charge in [0.25, 0.3) is 0 Å². The Hall–Kier alpha value is -2.22. The highest BCUT2D eigenvalue weighted by atomic mass is 16.4. The zero-order valence-electron chi connectivity index (χ0n) is 9.57. The highest BCUT2D eigenvalue weighted by Crippen LogP contribution is 1.95. The van der Waals surface area contributed by atoms with Gasteiger partial charge in [-0.05, 0) is 0 Å². The molecule has 1 rings (SSSR count). The SMILES string of the molecule is N[C@@H](Cc1c[nH]cn1)C(=O)O.O=CCCC(=O)O. The number of aromatic amines is 1. The fraction of sp³-hybridized carbons (Fsp3) is 0.400. The highest BCUT2D eigenvalue weighted by Gasteiger charge is 2.12. The van der Waals surface area contributed by atoms with Crippen LogP contribution in [-0.4, -0.2) is 44.4 Å². The topological polar surface area (TPSA) is 146 Å². The number of aromatic nitrogens is 2. The predicted octanol–water partition coefficient (Wildman–Crippen LogP) is -0.586. The van der Waals surface area contributed by atoms with Crippen LogP contribution in [0.4, 0.5) is 0 Å². The van der Waals surface area contributed by atoms with E-state index in [9.17, 15) is 14.4 Å². The molecule has 0 aliphatic heterocycles. The van der Waals surface area contributed by atoms with E-state index in [1.165, 1.54) is 6.33 Å². The van der Waals surface area contributed by atoms with Gasteiger partial charge in [-0.1, -0.05) is 0 Å². The largest absolute Gasteiger partial charge is 0.481 e. The molecular formula is C10H15N3O5. The molecule has 0 amide bonds. The molecule has 5 N–H and O–H groups in total. The number of carboxylic acid groups (broad SMARTS) is 2. The quantitative estimate of drug-likeness (QED) is 0.498. The predicted molar refractivity (Wildman–Crippen MR) is 60.8 cm³/mol. The molecule has 0 aliphatic carbocycles. The Morgan fingerprint density at radius 2 is 2.17 bits per heavy atom. The molecule has 18 heavy (non-hydrogen) atoms. The number of carbonyl (C=O) groups is 3. The Morgan fingerprint density at radius 3 is 2.50 bits per heavy atom. The second-order valence-electron chi connectivity index (χ2n) is 3.31. The molecule has 0 aliphatic rings. The standard InChI is InChI=1S/C6H9N3O2.C4H6O3/c7-5(6(10)11)1-4-2-8-3-9-4;5-3-1-2-4(6)7/h2-3,5H,1,7H2,(H,8,9)(H,10,11);3H,1-2H2,(H,6,7)/t5-;/m0./s1. The van der Waals surface area contributed by atoms with Crippen LogP contribution >= 0.6 is 0 Å². The molecule has 0 radical (unpaired) electrons. The van der Waals surface area contributed by atoms with Gasteiger partial charge >= 0.3 is 11.9 Å². The van der Waals surface area contributed by atoms with Gasteiger partial charge in [-0.25, -0.2) is 4.98 Å². The maximum Gasteiger partial charge on any atom is 0.320 e. The van der Waals surface area contributed by atoms with Crippen molar-refractivity contribution in [1.29, 1.82) is 0 Å². The van der Waals surface area contributed by atoms with Crippen LogP contribution in [0, 0.1) is 0 Å². The third-order valence-electron chi connectivity index (χ3n) is 1.78. The summed E-state index contributed by atoms with van der Waals surface area (Å²) >= 11 is 0. The lowest BCUT2D eigenvalue weighted by molar-refractivity contribution is -0.139. The Morgan fingerprint density at radius 1 is 1.50 bits per heavy atom. The van der Waals surface area contributed by atoms with Crippen LogP contribution in [0.25, 0.3) is 0 Å². The van der Waals surface area contributed by atoms with Crippen LogP contribution in [0.3, 0.4) is 0 Å². The van der Waals surface area contributed by atoms with Crippen molar-refractivity contribution in [2.45, 2.75) is 25.3 Å². The zero-order chi connectivity index (χ0) is 14.0. The Balaban J connectivity index is 0.000000360. The summed E-state index contributed by atoms with van der Waals surface area (Å²) in [6, 6.07) is -0.863. The van der Waals surface area contributed by atoms with Crippen molar-refractivity contribution in [3.8, 4) is 0 Å². The molecule has 100 valence electrons. The smallest absolute Gasteiger partial charge is 0.320 e. The minimum Gasteiger partial charge on any atom is -0.481 e. The van der Waals surface area contributed by atoms with Gasteiger partial charge in [0.15, 0.2) is 0 Å². The molecule has 1 atom stereocenters. The number of nitrogens with one attached hydrogen (secondary N) is 1. The van der Waals surface area contributed by atoms with Gasteiger partial charge in [0.05, 0.1) is 18.4 Å². The van der Waals surface area contributed by atoms with E-state index in [0.29, 0.717) is 12.0 Å². The summed E-state index contributed by atoms with van der Waals surface area (Å²) in [4.78, 5) is 35.9. The molecule has 0 aromatic carbocycles. The van der Waals surface area contributed by atoms with Gasteiger partial charge in [0.2, 0.25) is 0 Å². The van der Waals surface area contributed by atoms with E-state index in [-0.39, 0.29) is 19.3 Å². The van der Waals surface area contributed by atoms with Gasteiger partial charge in [-0.15, -0.1) is 0 Å². The molecule has 0 spiro atoms. The molecule has 0 saturated carbocycles.